The van der Waals surface area contributed by atoms with Crippen LogP contribution in [0, 0.1) is 13.8 Å². The summed E-state index contributed by atoms with van der Waals surface area (Å²) in [5, 5.41) is 11.3. The monoisotopic (exact) mass is 334 g/mol. The van der Waals surface area contributed by atoms with E-state index in [1.165, 1.54) is 16.0 Å². The normalized spacial score (nSPS) is 18.5. The van der Waals surface area contributed by atoms with Crippen molar-refractivity contribution in [1.82, 2.24) is 5.32 Å². The van der Waals surface area contributed by atoms with Crippen molar-refractivity contribution in [2.75, 3.05) is 10.6 Å². The van der Waals surface area contributed by atoms with Crippen LogP contribution in [0.25, 0.3) is 0 Å². The molecule has 120 valence electrons. The molecule has 0 bridgehead atoms. The van der Waals surface area contributed by atoms with Gasteiger partial charge in [0.1, 0.15) is 5.03 Å². The number of nitrogens with zero attached hydrogens (tertiary/aromatic N) is 1. The van der Waals surface area contributed by atoms with Crippen LogP contribution < -0.4 is 16.0 Å². The number of benzene rings is 2. The fourth-order valence-electron chi connectivity index (χ4n) is 2.81. The van der Waals surface area contributed by atoms with Crippen molar-refractivity contribution in [3.05, 3.63) is 76.6 Å². The SMILES string of the molecule is Cc1cc(C)cc(NC2=NC=CC(=C3Nc4ccccc4S3)N2)c1. The zero-order valence-electron chi connectivity index (χ0n) is 13.6. The summed E-state index contributed by atoms with van der Waals surface area (Å²) >= 11 is 1.73. The summed E-state index contributed by atoms with van der Waals surface area (Å²) in [6, 6.07) is 14.7. The molecule has 0 fully saturated rings. The number of para-hydroxylation sites is 1. The first-order valence-corrected chi connectivity index (χ1v) is 8.64. The number of nitrogens with one attached hydrogen (secondary N) is 3. The Hall–Kier alpha value is -2.66. The predicted molar refractivity (Wildman–Crippen MR) is 102 cm³/mol. The number of thioether (sulfide) groups is 1. The Bertz CT molecular complexity index is 849. The lowest BCUT2D eigenvalue weighted by molar-refractivity contribution is 1.11. The summed E-state index contributed by atoms with van der Waals surface area (Å²) in [5.74, 6) is 0.725. The van der Waals surface area contributed by atoms with E-state index in [1.54, 1.807) is 11.8 Å². The van der Waals surface area contributed by atoms with E-state index in [0.29, 0.717) is 0 Å². The second-order valence-corrected chi connectivity index (χ2v) is 6.94. The number of hydrogen-bond donors (Lipinski definition) is 3. The highest BCUT2D eigenvalue weighted by atomic mass is 32.2. The molecule has 2 aromatic carbocycles. The first kappa shape index (κ1) is 14.9. The Morgan fingerprint density at radius 3 is 2.58 bits per heavy atom. The van der Waals surface area contributed by atoms with Crippen molar-refractivity contribution in [3.8, 4) is 0 Å². The molecule has 0 atom stereocenters. The molecule has 0 aliphatic carbocycles. The molecular formula is C19H18N4S. The van der Waals surface area contributed by atoms with Gasteiger partial charge in [-0.15, -0.1) is 0 Å². The van der Waals surface area contributed by atoms with Crippen LogP contribution >= 0.6 is 11.8 Å². The van der Waals surface area contributed by atoms with E-state index in [1.807, 2.05) is 18.3 Å². The van der Waals surface area contributed by atoms with E-state index in [-0.39, 0.29) is 0 Å². The average Bonchev–Trinajstić information content (AvgIpc) is 2.98. The van der Waals surface area contributed by atoms with Gasteiger partial charge in [-0.25, -0.2) is 4.99 Å². The molecule has 0 aromatic heterocycles. The number of aryl methyl sites for hydroxylation is 2. The molecule has 0 amide bonds. The molecule has 5 heteroatoms. The summed E-state index contributed by atoms with van der Waals surface area (Å²) in [6.45, 7) is 4.19. The molecule has 0 spiro atoms. The molecule has 3 N–H and O–H groups in total. The van der Waals surface area contributed by atoms with Crippen molar-refractivity contribution in [3.63, 3.8) is 0 Å². The third-order valence-corrected chi connectivity index (χ3v) is 4.88. The molecule has 0 saturated heterocycles. The molecule has 2 aromatic rings. The third kappa shape index (κ3) is 3.03. The Labute approximate surface area is 145 Å². The van der Waals surface area contributed by atoms with Crippen LogP contribution in [0.3, 0.4) is 0 Å². The molecule has 0 radical (unpaired) electrons. The molecule has 4 nitrogen and oxygen atoms in total. The minimum atomic E-state index is 0.725. The standard InChI is InChI=1S/C19H18N4S/c1-12-9-13(2)11-14(10-12)21-19-20-8-7-16(23-19)18-22-15-5-3-4-6-17(15)24-18/h3-11,22H,1-2H3,(H2,20,21,23). The number of hydrogen-bond acceptors (Lipinski definition) is 5. The maximum absolute atomic E-state index is 4.40. The molecule has 0 unspecified atom stereocenters. The quantitative estimate of drug-likeness (QED) is 0.715. The van der Waals surface area contributed by atoms with Crippen molar-refractivity contribution >= 4 is 29.1 Å². The average molecular weight is 334 g/mol. The summed E-state index contributed by atoms with van der Waals surface area (Å²) < 4.78 is 0. The highest BCUT2D eigenvalue weighted by Crippen LogP contribution is 2.41. The van der Waals surface area contributed by atoms with Gasteiger partial charge in [0.15, 0.2) is 0 Å². The molecule has 24 heavy (non-hydrogen) atoms. The van der Waals surface area contributed by atoms with Gasteiger partial charge in [-0.05, 0) is 55.3 Å². The first-order valence-electron chi connectivity index (χ1n) is 7.82. The van der Waals surface area contributed by atoms with E-state index >= 15 is 0 Å². The molecular weight excluding hydrogens is 316 g/mol. The van der Waals surface area contributed by atoms with Crippen LogP contribution in [0.2, 0.25) is 0 Å². The second kappa shape index (κ2) is 6.09. The van der Waals surface area contributed by atoms with Crippen molar-refractivity contribution in [2.24, 2.45) is 4.99 Å². The van der Waals surface area contributed by atoms with Crippen molar-refractivity contribution in [2.45, 2.75) is 18.7 Å². The Balaban J connectivity index is 1.54. The maximum Gasteiger partial charge on any atom is 0.205 e. The summed E-state index contributed by atoms with van der Waals surface area (Å²) in [4.78, 5) is 5.64. The fraction of sp³-hybridized carbons (Fsp3) is 0.105. The number of rotatable bonds is 1. The molecule has 0 saturated carbocycles. The van der Waals surface area contributed by atoms with Crippen LogP contribution in [0.1, 0.15) is 11.1 Å². The van der Waals surface area contributed by atoms with Crippen LogP contribution in [-0.2, 0) is 0 Å². The topological polar surface area (TPSA) is 48.5 Å². The van der Waals surface area contributed by atoms with Crippen molar-refractivity contribution < 1.29 is 0 Å². The van der Waals surface area contributed by atoms with Gasteiger partial charge in [0, 0.05) is 16.8 Å². The van der Waals surface area contributed by atoms with Gasteiger partial charge in [-0.2, -0.15) is 0 Å². The summed E-state index contributed by atoms with van der Waals surface area (Å²) in [7, 11) is 0. The van der Waals surface area contributed by atoms with E-state index in [2.05, 4.69) is 71.2 Å². The number of anilines is 2. The lowest BCUT2D eigenvalue weighted by Crippen LogP contribution is -2.32. The largest absolute Gasteiger partial charge is 0.347 e. The first-order chi connectivity index (χ1) is 11.7. The van der Waals surface area contributed by atoms with Crippen LogP contribution in [0.4, 0.5) is 11.4 Å². The van der Waals surface area contributed by atoms with E-state index in [9.17, 15) is 0 Å². The molecule has 2 aliphatic heterocycles. The van der Waals surface area contributed by atoms with E-state index < -0.39 is 0 Å². The zero-order chi connectivity index (χ0) is 16.5. The highest BCUT2D eigenvalue weighted by molar-refractivity contribution is 8.03. The van der Waals surface area contributed by atoms with Gasteiger partial charge in [0.05, 0.1) is 11.4 Å². The van der Waals surface area contributed by atoms with Crippen LogP contribution in [0.15, 0.2) is 75.4 Å². The number of fused-ring (bicyclic) bond motifs is 1. The maximum atomic E-state index is 4.40. The molecule has 2 heterocycles. The molecule has 4 rings (SSSR count). The fourth-order valence-corrected chi connectivity index (χ4v) is 3.79. The lowest BCUT2D eigenvalue weighted by Gasteiger charge is -2.17. The Morgan fingerprint density at radius 1 is 1.00 bits per heavy atom. The minimum Gasteiger partial charge on any atom is -0.347 e. The van der Waals surface area contributed by atoms with Gasteiger partial charge in [0.2, 0.25) is 5.96 Å². The minimum absolute atomic E-state index is 0.725. The van der Waals surface area contributed by atoms with E-state index in [4.69, 9.17) is 0 Å². The predicted octanol–water partition coefficient (Wildman–Crippen LogP) is 4.58. The van der Waals surface area contributed by atoms with Crippen LogP contribution in [0.5, 0.6) is 0 Å². The number of guanidine groups is 1. The van der Waals surface area contributed by atoms with Gasteiger partial charge in [-0.3, -0.25) is 0 Å². The third-order valence-electron chi connectivity index (χ3n) is 3.77. The van der Waals surface area contributed by atoms with Gasteiger partial charge in [-0.1, -0.05) is 30.0 Å². The highest BCUT2D eigenvalue weighted by Gasteiger charge is 2.19. The van der Waals surface area contributed by atoms with Gasteiger partial charge < -0.3 is 16.0 Å². The summed E-state index contributed by atoms with van der Waals surface area (Å²) in [5.41, 5.74) is 5.65. The lowest BCUT2D eigenvalue weighted by atomic mass is 10.1. The number of allylic oxidation sites excluding steroid dienone is 1. The smallest absolute Gasteiger partial charge is 0.205 e. The summed E-state index contributed by atoms with van der Waals surface area (Å²) in [6.07, 6.45) is 3.79. The second-order valence-electron chi connectivity index (χ2n) is 5.89. The van der Waals surface area contributed by atoms with Crippen molar-refractivity contribution in [1.29, 1.82) is 0 Å². The van der Waals surface area contributed by atoms with E-state index in [0.717, 1.165) is 28.1 Å². The van der Waals surface area contributed by atoms with Gasteiger partial charge >= 0.3 is 0 Å². The molecule has 2 aliphatic rings. The Morgan fingerprint density at radius 2 is 1.79 bits per heavy atom. The Kier molecular flexibility index (Phi) is 3.78. The van der Waals surface area contributed by atoms with Crippen LogP contribution in [-0.4, -0.2) is 5.96 Å². The number of aliphatic imine (C=N–C) groups is 1. The zero-order valence-corrected chi connectivity index (χ0v) is 14.4. The van der Waals surface area contributed by atoms with Gasteiger partial charge in [0.25, 0.3) is 0 Å².